The van der Waals surface area contributed by atoms with Crippen molar-refractivity contribution in [1.29, 1.82) is 0 Å². The fraction of sp³-hybridized carbons (Fsp3) is 0.435. The summed E-state index contributed by atoms with van der Waals surface area (Å²) in [4.78, 5) is 16.7. The van der Waals surface area contributed by atoms with Gasteiger partial charge < -0.3 is 14.4 Å². The minimum atomic E-state index is -1.08. The highest BCUT2D eigenvalue weighted by Gasteiger charge is 2.51. The number of carbonyl (C=O) groups excluding carboxylic acids is 1. The van der Waals surface area contributed by atoms with Crippen LogP contribution in [0.2, 0.25) is 5.02 Å². The van der Waals surface area contributed by atoms with Gasteiger partial charge in [0.05, 0.1) is 18.2 Å². The van der Waals surface area contributed by atoms with E-state index in [1.807, 2.05) is 0 Å². The van der Waals surface area contributed by atoms with Crippen molar-refractivity contribution in [1.82, 2.24) is 9.80 Å². The SMILES string of the molecule is O=C1C(Oc2ccc(F)cc2Cl)C(c2cc(F)ccc2F)N1CCCCN1CCOCC1. The Morgan fingerprint density at radius 1 is 1.00 bits per heavy atom. The second-order valence-corrected chi connectivity index (χ2v) is 8.32. The van der Waals surface area contributed by atoms with Gasteiger partial charge in [-0.25, -0.2) is 13.2 Å². The van der Waals surface area contributed by atoms with E-state index in [1.165, 1.54) is 11.0 Å². The summed E-state index contributed by atoms with van der Waals surface area (Å²) in [6.07, 6.45) is 0.492. The van der Waals surface area contributed by atoms with Crippen LogP contribution in [0.3, 0.4) is 0 Å². The van der Waals surface area contributed by atoms with Crippen molar-refractivity contribution in [3.05, 3.63) is 64.4 Å². The number of rotatable bonds is 8. The van der Waals surface area contributed by atoms with Gasteiger partial charge in [0.2, 0.25) is 6.10 Å². The van der Waals surface area contributed by atoms with Crippen LogP contribution in [0.4, 0.5) is 13.2 Å². The molecule has 1 amide bonds. The van der Waals surface area contributed by atoms with E-state index in [0.29, 0.717) is 13.0 Å². The van der Waals surface area contributed by atoms with Crippen LogP contribution in [-0.2, 0) is 9.53 Å². The number of amides is 1. The van der Waals surface area contributed by atoms with Gasteiger partial charge in [0.15, 0.2) is 0 Å². The van der Waals surface area contributed by atoms with E-state index in [2.05, 4.69) is 4.90 Å². The summed E-state index contributed by atoms with van der Waals surface area (Å²) in [5.41, 5.74) is 0.0426. The maximum atomic E-state index is 14.6. The molecular formula is C23H24ClF3N2O3. The van der Waals surface area contributed by atoms with Crippen LogP contribution in [0.1, 0.15) is 24.4 Å². The Labute approximate surface area is 189 Å². The van der Waals surface area contributed by atoms with Gasteiger partial charge >= 0.3 is 0 Å². The first-order chi connectivity index (χ1) is 15.4. The zero-order valence-corrected chi connectivity index (χ0v) is 18.2. The second-order valence-electron chi connectivity index (χ2n) is 7.92. The number of nitrogens with zero attached hydrogens (tertiary/aromatic N) is 2. The van der Waals surface area contributed by atoms with Crippen LogP contribution in [0, 0.1) is 17.5 Å². The van der Waals surface area contributed by atoms with Crippen molar-refractivity contribution in [2.24, 2.45) is 0 Å². The van der Waals surface area contributed by atoms with Crippen molar-refractivity contribution in [3.63, 3.8) is 0 Å². The van der Waals surface area contributed by atoms with Gasteiger partial charge in [-0.1, -0.05) is 11.6 Å². The highest BCUT2D eigenvalue weighted by atomic mass is 35.5. The highest BCUT2D eigenvalue weighted by molar-refractivity contribution is 6.32. The number of likely N-dealkylation sites (tertiary alicyclic amines) is 1. The molecule has 2 aliphatic rings. The number of morpholine rings is 1. The molecule has 0 bridgehead atoms. The van der Waals surface area contributed by atoms with Crippen molar-refractivity contribution >= 4 is 17.5 Å². The van der Waals surface area contributed by atoms with Crippen molar-refractivity contribution in [2.75, 3.05) is 39.4 Å². The number of hydrogen-bond donors (Lipinski definition) is 0. The normalized spacial score (nSPS) is 21.5. The average Bonchev–Trinajstić information content (AvgIpc) is 2.78. The van der Waals surface area contributed by atoms with Gasteiger partial charge in [-0.15, -0.1) is 0 Å². The smallest absolute Gasteiger partial charge is 0.266 e. The molecule has 0 saturated carbocycles. The van der Waals surface area contributed by atoms with Crippen LogP contribution in [0.5, 0.6) is 5.75 Å². The molecule has 9 heteroatoms. The molecule has 2 fully saturated rings. The summed E-state index contributed by atoms with van der Waals surface area (Å²) < 4.78 is 52.9. The fourth-order valence-corrected chi connectivity index (χ4v) is 4.31. The maximum Gasteiger partial charge on any atom is 0.266 e. The van der Waals surface area contributed by atoms with Crippen molar-refractivity contribution < 1.29 is 27.4 Å². The van der Waals surface area contributed by atoms with Crippen LogP contribution >= 0.6 is 11.6 Å². The predicted molar refractivity (Wildman–Crippen MR) is 113 cm³/mol. The lowest BCUT2D eigenvalue weighted by molar-refractivity contribution is -0.164. The molecule has 4 rings (SSSR count). The summed E-state index contributed by atoms with van der Waals surface area (Å²) in [6.45, 7) is 4.48. The Hall–Kier alpha value is -2.29. The molecule has 2 unspecified atom stereocenters. The molecule has 172 valence electrons. The van der Waals surface area contributed by atoms with E-state index < -0.39 is 29.6 Å². The Bertz CT molecular complexity index is 971. The molecule has 0 spiro atoms. The lowest BCUT2D eigenvalue weighted by Crippen LogP contribution is -2.61. The minimum absolute atomic E-state index is 0.000209. The fourth-order valence-electron chi connectivity index (χ4n) is 4.10. The van der Waals surface area contributed by atoms with Gasteiger partial charge in [-0.05, 0) is 55.8 Å². The first-order valence-corrected chi connectivity index (χ1v) is 11.0. The molecule has 2 aliphatic heterocycles. The largest absolute Gasteiger partial charge is 0.476 e. The van der Waals surface area contributed by atoms with Gasteiger partial charge in [-0.3, -0.25) is 9.69 Å². The molecule has 2 saturated heterocycles. The molecule has 0 radical (unpaired) electrons. The average molecular weight is 469 g/mol. The second kappa shape index (κ2) is 10.1. The molecule has 32 heavy (non-hydrogen) atoms. The molecule has 0 aromatic heterocycles. The van der Waals surface area contributed by atoms with Gasteiger partial charge in [0, 0.05) is 25.2 Å². The number of benzene rings is 2. The monoisotopic (exact) mass is 468 g/mol. The lowest BCUT2D eigenvalue weighted by atomic mass is 9.89. The van der Waals surface area contributed by atoms with Crippen molar-refractivity contribution in [3.8, 4) is 5.75 Å². The number of unbranched alkanes of at least 4 members (excludes halogenated alkanes) is 1. The highest BCUT2D eigenvalue weighted by Crippen LogP contribution is 2.40. The molecule has 2 aromatic rings. The van der Waals surface area contributed by atoms with Crippen LogP contribution in [0.25, 0.3) is 0 Å². The van der Waals surface area contributed by atoms with E-state index in [9.17, 15) is 18.0 Å². The molecule has 5 nitrogen and oxygen atoms in total. The Balaban J connectivity index is 1.46. The molecule has 0 N–H and O–H groups in total. The topological polar surface area (TPSA) is 42.0 Å². The summed E-state index contributed by atoms with van der Waals surface area (Å²) in [6, 6.07) is 5.88. The summed E-state index contributed by atoms with van der Waals surface area (Å²) >= 11 is 6.03. The van der Waals surface area contributed by atoms with Crippen LogP contribution < -0.4 is 4.74 Å². The van der Waals surface area contributed by atoms with E-state index in [1.54, 1.807) is 0 Å². The standard InChI is InChI=1S/C23H24ClF3N2O3/c24-18-14-16(26)4-6-20(18)32-22-21(17-13-15(25)3-5-19(17)27)29(23(22)30)8-2-1-7-28-9-11-31-12-10-28/h3-6,13-14,21-22H,1-2,7-12H2. The molecule has 0 aliphatic carbocycles. The van der Waals surface area contributed by atoms with Crippen LogP contribution in [0.15, 0.2) is 36.4 Å². The van der Waals surface area contributed by atoms with Gasteiger partial charge in [0.1, 0.15) is 29.2 Å². The van der Waals surface area contributed by atoms with Gasteiger partial charge in [-0.2, -0.15) is 0 Å². The maximum absolute atomic E-state index is 14.6. The van der Waals surface area contributed by atoms with E-state index in [0.717, 1.165) is 69.6 Å². The van der Waals surface area contributed by atoms with E-state index >= 15 is 0 Å². The third-order valence-electron chi connectivity index (χ3n) is 5.80. The third-order valence-corrected chi connectivity index (χ3v) is 6.10. The molecule has 2 atom stereocenters. The first-order valence-electron chi connectivity index (χ1n) is 10.6. The number of hydrogen-bond acceptors (Lipinski definition) is 4. The number of halogens is 4. The Morgan fingerprint density at radius 2 is 1.69 bits per heavy atom. The lowest BCUT2D eigenvalue weighted by Gasteiger charge is -2.47. The molecule has 2 aromatic carbocycles. The minimum Gasteiger partial charge on any atom is -0.476 e. The summed E-state index contributed by atoms with van der Waals surface area (Å²) in [7, 11) is 0. The number of ether oxygens (including phenoxy) is 2. The zero-order valence-electron chi connectivity index (χ0n) is 17.4. The Morgan fingerprint density at radius 3 is 2.44 bits per heavy atom. The third kappa shape index (κ3) is 5.03. The van der Waals surface area contributed by atoms with Crippen LogP contribution in [-0.4, -0.2) is 61.2 Å². The quantitative estimate of drug-likeness (QED) is 0.430. The van der Waals surface area contributed by atoms with Crippen molar-refractivity contribution in [2.45, 2.75) is 25.0 Å². The predicted octanol–water partition coefficient (Wildman–Crippen LogP) is 4.20. The first kappa shape index (κ1) is 22.9. The number of carbonyl (C=O) groups is 1. The molecular weight excluding hydrogens is 445 g/mol. The van der Waals surface area contributed by atoms with E-state index in [-0.39, 0.29) is 22.2 Å². The number of β-lactam (4-membered cyclic amide) rings is 1. The summed E-state index contributed by atoms with van der Waals surface area (Å²) in [5.74, 6) is -2.00. The van der Waals surface area contributed by atoms with Gasteiger partial charge in [0.25, 0.3) is 5.91 Å². The summed E-state index contributed by atoms with van der Waals surface area (Å²) in [5, 5.41) is 0.000209. The molecule has 2 heterocycles. The Kier molecular flexibility index (Phi) is 7.23. The zero-order chi connectivity index (χ0) is 22.7. The van der Waals surface area contributed by atoms with E-state index in [4.69, 9.17) is 21.1 Å².